The zero-order chi connectivity index (χ0) is 22.2. The topological polar surface area (TPSA) is 98.4 Å². The summed E-state index contributed by atoms with van der Waals surface area (Å²) in [6.45, 7) is 0.354. The molecule has 0 aliphatic carbocycles. The normalized spacial score (nSPS) is 16.6. The molecule has 164 valence electrons. The average Bonchev–Trinajstić information content (AvgIpc) is 3.35. The third-order valence-electron chi connectivity index (χ3n) is 5.66. The number of amides is 1. The predicted octanol–water partition coefficient (Wildman–Crippen LogP) is 4.66. The second-order valence-corrected chi connectivity index (χ2v) is 7.86. The quantitative estimate of drug-likeness (QED) is 0.479. The van der Waals surface area contributed by atoms with Crippen molar-refractivity contribution in [2.45, 2.75) is 18.9 Å². The summed E-state index contributed by atoms with van der Waals surface area (Å²) in [6.07, 6.45) is 4.04. The molecule has 8 heteroatoms. The van der Waals surface area contributed by atoms with E-state index >= 15 is 0 Å². The highest BCUT2D eigenvalue weighted by atomic mass is 16.6. The van der Waals surface area contributed by atoms with Gasteiger partial charge in [-0.15, -0.1) is 0 Å². The molecule has 1 amide bonds. The second-order valence-electron chi connectivity index (χ2n) is 7.86. The van der Waals surface area contributed by atoms with Gasteiger partial charge in [-0.25, -0.2) is 9.97 Å². The lowest BCUT2D eigenvalue weighted by Crippen LogP contribution is -2.22. The van der Waals surface area contributed by atoms with Crippen molar-refractivity contribution in [2.24, 2.45) is 0 Å². The first-order chi connectivity index (χ1) is 16.2. The van der Waals surface area contributed by atoms with Gasteiger partial charge in [-0.1, -0.05) is 30.3 Å². The molecule has 33 heavy (non-hydrogen) atoms. The number of fused-ring (bicyclic) bond motifs is 2. The number of benzene rings is 2. The number of imidazole rings is 1. The molecule has 2 aliphatic rings. The largest absolute Gasteiger partial charge is 0.485 e. The number of nitrogens with one attached hydrogen (secondary N) is 2. The molecule has 1 atom stereocenters. The number of carbonyl (C=O) groups excluding carboxylic acids is 1. The number of hydrogen-bond donors (Lipinski definition) is 2. The highest BCUT2D eigenvalue weighted by Crippen LogP contribution is 2.40. The number of aromatic amines is 1. The number of carbonyl (C=O) groups is 1. The molecule has 0 spiro atoms. The molecule has 2 aliphatic heterocycles. The highest BCUT2D eigenvalue weighted by molar-refractivity contribution is 5.93. The van der Waals surface area contributed by atoms with Crippen LogP contribution in [0.25, 0.3) is 11.3 Å². The third-order valence-corrected chi connectivity index (χ3v) is 5.66. The molecule has 0 saturated carbocycles. The maximum Gasteiger partial charge on any atom is 0.225 e. The molecule has 4 heterocycles. The van der Waals surface area contributed by atoms with Crippen molar-refractivity contribution in [1.29, 1.82) is 0 Å². The van der Waals surface area contributed by atoms with Crippen molar-refractivity contribution in [3.8, 4) is 34.3 Å². The van der Waals surface area contributed by atoms with E-state index in [1.54, 1.807) is 24.5 Å². The molecular formula is C25H20N4O4. The van der Waals surface area contributed by atoms with Gasteiger partial charge in [0.25, 0.3) is 0 Å². The minimum Gasteiger partial charge on any atom is -0.485 e. The number of rotatable bonds is 4. The molecule has 0 bridgehead atoms. The van der Waals surface area contributed by atoms with Gasteiger partial charge in [-0.3, -0.25) is 4.79 Å². The Balaban J connectivity index is 1.23. The van der Waals surface area contributed by atoms with Gasteiger partial charge in [0.05, 0.1) is 11.9 Å². The zero-order valence-electron chi connectivity index (χ0n) is 17.6. The molecule has 2 N–H and O–H groups in total. The van der Waals surface area contributed by atoms with Crippen molar-refractivity contribution < 1.29 is 19.0 Å². The van der Waals surface area contributed by atoms with E-state index in [9.17, 15) is 4.79 Å². The standard InChI is InChI=1S/C25H20N4O4/c30-23-9-7-17-19(10-11-26-24(17)29-23)32-16-6-8-20-21(12-16)33-22(14-31-20)25-27-13-18(28-25)15-4-2-1-3-5-15/h1-6,8,10-13,22H,7,9,14H2,(H,27,28)(H,26,29,30). The van der Waals surface area contributed by atoms with E-state index < -0.39 is 0 Å². The number of anilines is 1. The zero-order valence-corrected chi connectivity index (χ0v) is 17.6. The van der Waals surface area contributed by atoms with Gasteiger partial charge in [0.2, 0.25) is 5.91 Å². The van der Waals surface area contributed by atoms with Gasteiger partial charge in [-0.05, 0) is 30.2 Å². The van der Waals surface area contributed by atoms with Crippen LogP contribution < -0.4 is 19.5 Å². The number of ether oxygens (including phenoxy) is 3. The second kappa shape index (κ2) is 7.98. The van der Waals surface area contributed by atoms with Gasteiger partial charge in [0.1, 0.15) is 23.9 Å². The number of aromatic nitrogens is 3. The van der Waals surface area contributed by atoms with Crippen LogP contribution in [0, 0.1) is 0 Å². The maximum absolute atomic E-state index is 11.7. The lowest BCUT2D eigenvalue weighted by atomic mass is 10.1. The van der Waals surface area contributed by atoms with Crippen LogP contribution in [-0.2, 0) is 11.2 Å². The monoisotopic (exact) mass is 440 g/mol. The van der Waals surface area contributed by atoms with Gasteiger partial charge in [0, 0.05) is 24.2 Å². The Morgan fingerprint density at radius 3 is 2.82 bits per heavy atom. The number of H-pyrrole nitrogens is 1. The molecule has 0 saturated heterocycles. The smallest absolute Gasteiger partial charge is 0.225 e. The summed E-state index contributed by atoms with van der Waals surface area (Å²) in [4.78, 5) is 23.7. The summed E-state index contributed by atoms with van der Waals surface area (Å²) in [7, 11) is 0. The molecule has 6 rings (SSSR count). The van der Waals surface area contributed by atoms with Crippen LogP contribution in [0.4, 0.5) is 5.82 Å². The molecular weight excluding hydrogens is 420 g/mol. The predicted molar refractivity (Wildman–Crippen MR) is 121 cm³/mol. The van der Waals surface area contributed by atoms with Gasteiger partial charge >= 0.3 is 0 Å². The number of nitrogens with zero attached hydrogens (tertiary/aromatic N) is 2. The van der Waals surface area contributed by atoms with E-state index in [-0.39, 0.29) is 12.0 Å². The first-order valence-corrected chi connectivity index (χ1v) is 10.7. The van der Waals surface area contributed by atoms with Crippen LogP contribution in [0.3, 0.4) is 0 Å². The van der Waals surface area contributed by atoms with Gasteiger partial charge in [-0.2, -0.15) is 0 Å². The van der Waals surface area contributed by atoms with Crippen molar-refractivity contribution >= 4 is 11.7 Å². The van der Waals surface area contributed by atoms with Gasteiger partial charge < -0.3 is 24.5 Å². The minimum atomic E-state index is -0.367. The average molecular weight is 440 g/mol. The van der Waals surface area contributed by atoms with Crippen LogP contribution in [0.2, 0.25) is 0 Å². The first-order valence-electron chi connectivity index (χ1n) is 10.7. The molecule has 8 nitrogen and oxygen atoms in total. The fraction of sp³-hybridized carbons (Fsp3) is 0.160. The third kappa shape index (κ3) is 3.76. The van der Waals surface area contributed by atoms with E-state index in [1.165, 1.54) is 0 Å². The Kier molecular flexibility index (Phi) is 4.68. The van der Waals surface area contributed by atoms with Gasteiger partial charge in [0.15, 0.2) is 23.4 Å². The number of hydrogen-bond acceptors (Lipinski definition) is 6. The van der Waals surface area contributed by atoms with E-state index in [2.05, 4.69) is 20.3 Å². The van der Waals surface area contributed by atoms with E-state index in [0.29, 0.717) is 54.1 Å². The Bertz CT molecular complexity index is 1340. The molecule has 0 radical (unpaired) electrons. The Labute approximate surface area is 189 Å². The summed E-state index contributed by atoms with van der Waals surface area (Å²) in [6, 6.07) is 17.3. The van der Waals surface area contributed by atoms with E-state index in [1.807, 2.05) is 42.5 Å². The SMILES string of the molecule is O=C1CCc2c(Oc3ccc4c(c3)OC(c3ncc(-c5ccccc5)[nH]3)CO4)ccnc2N1. The molecule has 2 aromatic heterocycles. The minimum absolute atomic E-state index is 0.0362. The van der Waals surface area contributed by atoms with Crippen LogP contribution in [0.5, 0.6) is 23.0 Å². The first kappa shape index (κ1) is 19.4. The summed E-state index contributed by atoms with van der Waals surface area (Å²) in [5, 5.41) is 2.79. The van der Waals surface area contributed by atoms with E-state index in [0.717, 1.165) is 16.8 Å². The van der Waals surface area contributed by atoms with Crippen molar-refractivity contribution in [3.05, 3.63) is 78.4 Å². The molecule has 4 aromatic rings. The summed E-state index contributed by atoms with van der Waals surface area (Å²) < 4.78 is 18.2. The van der Waals surface area contributed by atoms with Crippen LogP contribution in [-0.4, -0.2) is 27.5 Å². The summed E-state index contributed by atoms with van der Waals surface area (Å²) in [5.74, 6) is 3.71. The van der Waals surface area contributed by atoms with Crippen LogP contribution >= 0.6 is 0 Å². The highest BCUT2D eigenvalue weighted by Gasteiger charge is 2.26. The number of pyridine rings is 1. The van der Waals surface area contributed by atoms with Crippen LogP contribution in [0.15, 0.2) is 67.0 Å². The molecule has 2 aromatic carbocycles. The Morgan fingerprint density at radius 2 is 1.91 bits per heavy atom. The van der Waals surface area contributed by atoms with Crippen molar-refractivity contribution in [2.75, 3.05) is 11.9 Å². The fourth-order valence-corrected chi connectivity index (χ4v) is 4.00. The Hall–Kier alpha value is -4.33. The van der Waals surface area contributed by atoms with Crippen molar-refractivity contribution in [3.63, 3.8) is 0 Å². The molecule has 1 unspecified atom stereocenters. The maximum atomic E-state index is 11.7. The fourth-order valence-electron chi connectivity index (χ4n) is 4.00. The summed E-state index contributed by atoms with van der Waals surface area (Å²) >= 11 is 0. The van der Waals surface area contributed by atoms with E-state index in [4.69, 9.17) is 14.2 Å². The van der Waals surface area contributed by atoms with Crippen molar-refractivity contribution in [1.82, 2.24) is 15.0 Å². The van der Waals surface area contributed by atoms with Crippen LogP contribution in [0.1, 0.15) is 23.9 Å². The lowest BCUT2D eigenvalue weighted by molar-refractivity contribution is -0.116. The lowest BCUT2D eigenvalue weighted by Gasteiger charge is -2.26. The Morgan fingerprint density at radius 1 is 1.00 bits per heavy atom. The summed E-state index contributed by atoms with van der Waals surface area (Å²) in [5.41, 5.74) is 2.86. The molecule has 0 fully saturated rings.